The second-order valence-electron chi connectivity index (χ2n) is 4.54. The molecule has 0 radical (unpaired) electrons. The molecule has 0 aromatic heterocycles. The molecule has 1 rings (SSSR count). The van der Waals surface area contributed by atoms with Crippen molar-refractivity contribution in [1.82, 2.24) is 0 Å². The first-order chi connectivity index (χ1) is 5.97. The molecule has 80 valence electrons. The molecular formula is C10H19ClN2Si. The predicted molar refractivity (Wildman–Crippen MR) is 69.9 cm³/mol. The fraction of sp³-hybridized carbons (Fsp3) is 0.400. The first kappa shape index (κ1) is 13.3. The average Bonchev–Trinajstić information content (AvgIpc) is 2.02. The van der Waals surface area contributed by atoms with E-state index in [2.05, 4.69) is 25.0 Å². The lowest BCUT2D eigenvalue weighted by Crippen LogP contribution is -2.31. The first-order valence-electron chi connectivity index (χ1n) is 4.57. The zero-order chi connectivity index (χ0) is 9.90. The number of nitrogens with two attached hydrogens (primary N) is 1. The van der Waals surface area contributed by atoms with Gasteiger partial charge in [-0.2, -0.15) is 0 Å². The van der Waals surface area contributed by atoms with Crippen LogP contribution in [0.15, 0.2) is 24.3 Å². The third kappa shape index (κ3) is 5.14. The molecule has 14 heavy (non-hydrogen) atoms. The summed E-state index contributed by atoms with van der Waals surface area (Å²) < 4.78 is 0. The second-order valence-corrected chi connectivity index (χ2v) is 10.0. The summed E-state index contributed by atoms with van der Waals surface area (Å²) in [6, 6.07) is 7.89. The fourth-order valence-corrected chi connectivity index (χ4v) is 1.70. The van der Waals surface area contributed by atoms with Crippen molar-refractivity contribution in [2.45, 2.75) is 19.6 Å². The van der Waals surface area contributed by atoms with Crippen LogP contribution in [0.5, 0.6) is 0 Å². The van der Waals surface area contributed by atoms with Crippen LogP contribution in [0.25, 0.3) is 0 Å². The topological polar surface area (TPSA) is 38.0 Å². The van der Waals surface area contributed by atoms with E-state index in [9.17, 15) is 0 Å². The van der Waals surface area contributed by atoms with E-state index in [1.807, 2.05) is 24.3 Å². The van der Waals surface area contributed by atoms with Gasteiger partial charge in [-0.25, -0.2) is 0 Å². The minimum atomic E-state index is -0.996. The maximum Gasteiger partial charge on any atom is 0.0662 e. The lowest BCUT2D eigenvalue weighted by molar-refractivity contribution is 1.36. The van der Waals surface area contributed by atoms with E-state index >= 15 is 0 Å². The third-order valence-electron chi connectivity index (χ3n) is 1.73. The van der Waals surface area contributed by atoms with Gasteiger partial charge in [-0.3, -0.25) is 0 Å². The van der Waals surface area contributed by atoms with Crippen molar-refractivity contribution in [2.75, 3.05) is 17.2 Å². The quantitative estimate of drug-likeness (QED) is 0.619. The van der Waals surface area contributed by atoms with Crippen molar-refractivity contribution >= 4 is 31.9 Å². The molecule has 0 unspecified atom stereocenters. The largest absolute Gasteiger partial charge is 0.399 e. The summed E-state index contributed by atoms with van der Waals surface area (Å²) >= 11 is 0. The van der Waals surface area contributed by atoms with Crippen LogP contribution in [0.1, 0.15) is 0 Å². The molecule has 0 fully saturated rings. The number of hydrogen-bond acceptors (Lipinski definition) is 2. The standard InChI is InChI=1S/C10H18N2Si.ClH/c1-13(2,3)8-12-10-6-4-9(11)5-7-10;/h4-7,12H,8,11H2,1-3H3;1H. The van der Waals surface area contributed by atoms with Gasteiger partial charge in [0.1, 0.15) is 0 Å². The Bertz CT molecular complexity index is 266. The minimum Gasteiger partial charge on any atom is -0.399 e. The summed E-state index contributed by atoms with van der Waals surface area (Å²) in [5.74, 6) is 0. The zero-order valence-corrected chi connectivity index (χ0v) is 10.8. The Labute approximate surface area is 93.3 Å². The van der Waals surface area contributed by atoms with Crippen LogP contribution in [0.3, 0.4) is 0 Å². The Balaban J connectivity index is 0.00000169. The van der Waals surface area contributed by atoms with Crippen LogP contribution in [0, 0.1) is 0 Å². The molecule has 0 spiro atoms. The lowest BCUT2D eigenvalue weighted by Gasteiger charge is -2.17. The molecule has 0 aliphatic heterocycles. The number of rotatable bonds is 3. The molecule has 1 aromatic carbocycles. The molecule has 0 saturated heterocycles. The van der Waals surface area contributed by atoms with Crippen LogP contribution in [0.4, 0.5) is 11.4 Å². The molecule has 0 amide bonds. The van der Waals surface area contributed by atoms with E-state index in [1.165, 1.54) is 0 Å². The number of halogens is 1. The Hall–Kier alpha value is -0.673. The molecule has 1 aromatic rings. The molecular weight excluding hydrogens is 212 g/mol. The van der Waals surface area contributed by atoms with Gasteiger partial charge >= 0.3 is 0 Å². The van der Waals surface area contributed by atoms with E-state index in [0.717, 1.165) is 17.5 Å². The highest BCUT2D eigenvalue weighted by atomic mass is 35.5. The van der Waals surface area contributed by atoms with Gasteiger partial charge in [0, 0.05) is 17.5 Å². The minimum absolute atomic E-state index is 0. The smallest absolute Gasteiger partial charge is 0.0662 e. The third-order valence-corrected chi connectivity index (χ3v) is 2.97. The van der Waals surface area contributed by atoms with Gasteiger partial charge < -0.3 is 11.1 Å². The first-order valence-corrected chi connectivity index (χ1v) is 8.27. The monoisotopic (exact) mass is 230 g/mol. The maximum atomic E-state index is 5.59. The number of nitrogen functional groups attached to an aromatic ring is 1. The van der Waals surface area contributed by atoms with Crippen LogP contribution >= 0.6 is 12.4 Å². The summed E-state index contributed by atoms with van der Waals surface area (Å²) in [7, 11) is -0.996. The van der Waals surface area contributed by atoms with Crippen molar-refractivity contribution in [2.24, 2.45) is 0 Å². The van der Waals surface area contributed by atoms with Crippen LogP contribution < -0.4 is 11.1 Å². The number of benzene rings is 1. The Morgan fingerprint density at radius 2 is 1.64 bits per heavy atom. The van der Waals surface area contributed by atoms with Crippen LogP contribution in [-0.4, -0.2) is 14.2 Å². The van der Waals surface area contributed by atoms with E-state index in [0.29, 0.717) is 0 Å². The highest BCUT2D eigenvalue weighted by Crippen LogP contribution is 2.11. The van der Waals surface area contributed by atoms with E-state index < -0.39 is 8.07 Å². The van der Waals surface area contributed by atoms with Crippen LogP contribution in [-0.2, 0) is 0 Å². The van der Waals surface area contributed by atoms with E-state index in [-0.39, 0.29) is 12.4 Å². The molecule has 0 aliphatic rings. The van der Waals surface area contributed by atoms with Crippen molar-refractivity contribution in [3.05, 3.63) is 24.3 Å². The molecule has 0 heterocycles. The molecule has 2 nitrogen and oxygen atoms in total. The maximum absolute atomic E-state index is 5.59. The highest BCUT2D eigenvalue weighted by molar-refractivity contribution is 6.76. The molecule has 0 bridgehead atoms. The number of anilines is 2. The van der Waals surface area contributed by atoms with Gasteiger partial charge in [0.25, 0.3) is 0 Å². The molecule has 0 saturated carbocycles. The summed E-state index contributed by atoms with van der Waals surface area (Å²) in [5.41, 5.74) is 7.57. The Kier molecular flexibility index (Phi) is 5.01. The summed E-state index contributed by atoms with van der Waals surface area (Å²) in [6.45, 7) is 7.03. The second kappa shape index (κ2) is 5.27. The van der Waals surface area contributed by atoms with Gasteiger partial charge in [-0.05, 0) is 24.3 Å². The fourth-order valence-electron chi connectivity index (χ4n) is 0.968. The van der Waals surface area contributed by atoms with Gasteiger partial charge in [0.15, 0.2) is 0 Å². The van der Waals surface area contributed by atoms with E-state index in [4.69, 9.17) is 5.73 Å². The molecule has 3 N–H and O–H groups in total. The Morgan fingerprint density at radius 3 is 2.07 bits per heavy atom. The summed E-state index contributed by atoms with van der Waals surface area (Å²) in [5, 5.41) is 3.42. The van der Waals surface area contributed by atoms with Gasteiger partial charge in [0.2, 0.25) is 0 Å². The Morgan fingerprint density at radius 1 is 1.14 bits per heavy atom. The average molecular weight is 231 g/mol. The summed E-state index contributed by atoms with van der Waals surface area (Å²) in [6.07, 6.45) is 1.11. The van der Waals surface area contributed by atoms with E-state index in [1.54, 1.807) is 0 Å². The van der Waals surface area contributed by atoms with Gasteiger partial charge in [-0.15, -0.1) is 12.4 Å². The zero-order valence-electron chi connectivity index (χ0n) is 9.00. The normalized spacial score (nSPS) is 10.5. The van der Waals surface area contributed by atoms with Crippen LogP contribution in [0.2, 0.25) is 19.6 Å². The summed E-state index contributed by atoms with van der Waals surface area (Å²) in [4.78, 5) is 0. The highest BCUT2D eigenvalue weighted by Gasteiger charge is 2.11. The lowest BCUT2D eigenvalue weighted by atomic mass is 10.3. The van der Waals surface area contributed by atoms with Crippen molar-refractivity contribution in [1.29, 1.82) is 0 Å². The SMILES string of the molecule is C[Si](C)(C)CNc1ccc(N)cc1.Cl. The van der Waals surface area contributed by atoms with Crippen molar-refractivity contribution in [3.63, 3.8) is 0 Å². The number of hydrogen-bond donors (Lipinski definition) is 2. The van der Waals surface area contributed by atoms with Gasteiger partial charge in [-0.1, -0.05) is 19.6 Å². The van der Waals surface area contributed by atoms with Gasteiger partial charge in [0.05, 0.1) is 8.07 Å². The van der Waals surface area contributed by atoms with Crippen molar-refractivity contribution < 1.29 is 0 Å². The number of nitrogens with one attached hydrogen (secondary N) is 1. The van der Waals surface area contributed by atoms with Crippen molar-refractivity contribution in [3.8, 4) is 0 Å². The predicted octanol–water partition coefficient (Wildman–Crippen LogP) is 2.98. The molecule has 4 heteroatoms. The molecule has 0 atom stereocenters. The molecule has 0 aliphatic carbocycles.